The fourth-order valence-corrected chi connectivity index (χ4v) is 5.03. The number of hydrogen-bond acceptors (Lipinski definition) is 4. The van der Waals surface area contributed by atoms with E-state index in [1.165, 1.54) is 5.56 Å². The number of carbonyl (C=O) groups excluding carboxylic acids is 2. The van der Waals surface area contributed by atoms with Crippen molar-refractivity contribution in [2.45, 2.75) is 23.0 Å². The lowest BCUT2D eigenvalue weighted by atomic mass is 10.1. The van der Waals surface area contributed by atoms with Gasteiger partial charge in [0.05, 0.1) is 12.8 Å². The summed E-state index contributed by atoms with van der Waals surface area (Å²) in [6, 6.07) is 25.6. The predicted molar refractivity (Wildman–Crippen MR) is 128 cm³/mol. The Bertz CT molecular complexity index is 1070. The van der Waals surface area contributed by atoms with Crippen molar-refractivity contribution in [1.29, 1.82) is 0 Å². The van der Waals surface area contributed by atoms with Crippen LogP contribution < -0.4 is 15.0 Å². The topological polar surface area (TPSA) is 58.6 Å². The van der Waals surface area contributed by atoms with Gasteiger partial charge in [-0.15, -0.1) is 11.8 Å². The van der Waals surface area contributed by atoms with Gasteiger partial charge in [0.2, 0.25) is 11.8 Å². The van der Waals surface area contributed by atoms with Crippen LogP contribution in [-0.4, -0.2) is 32.0 Å². The SMILES string of the molecule is COc1ccc(C2CC(=O)N(CC(=O)NCCc3ccccc3)c3ccccc3S2)cc1. The van der Waals surface area contributed by atoms with Crippen LogP contribution >= 0.6 is 11.8 Å². The lowest BCUT2D eigenvalue weighted by Gasteiger charge is -2.22. The third kappa shape index (κ3) is 5.32. The number of carbonyl (C=O) groups is 2. The lowest BCUT2D eigenvalue weighted by molar-refractivity contribution is -0.123. The highest BCUT2D eigenvalue weighted by Gasteiger charge is 2.30. The van der Waals surface area contributed by atoms with Gasteiger partial charge < -0.3 is 15.0 Å². The fourth-order valence-electron chi connectivity index (χ4n) is 3.75. The monoisotopic (exact) mass is 446 g/mol. The Hall–Kier alpha value is -3.25. The molecule has 0 aliphatic carbocycles. The number of hydrogen-bond donors (Lipinski definition) is 1. The summed E-state index contributed by atoms with van der Waals surface area (Å²) in [5.74, 6) is 0.575. The lowest BCUT2D eigenvalue weighted by Crippen LogP contribution is -2.41. The zero-order chi connectivity index (χ0) is 22.3. The van der Waals surface area contributed by atoms with Crippen molar-refractivity contribution in [3.63, 3.8) is 0 Å². The summed E-state index contributed by atoms with van der Waals surface area (Å²) >= 11 is 1.66. The van der Waals surface area contributed by atoms with Crippen molar-refractivity contribution in [2.75, 3.05) is 25.1 Å². The van der Waals surface area contributed by atoms with E-state index in [0.29, 0.717) is 13.0 Å². The Balaban J connectivity index is 1.46. The minimum atomic E-state index is -0.156. The Labute approximate surface area is 192 Å². The second-order valence-electron chi connectivity index (χ2n) is 7.62. The molecule has 5 nitrogen and oxygen atoms in total. The van der Waals surface area contributed by atoms with E-state index in [2.05, 4.69) is 5.32 Å². The van der Waals surface area contributed by atoms with Gasteiger partial charge in [0.25, 0.3) is 0 Å². The largest absolute Gasteiger partial charge is 0.497 e. The number of nitrogens with one attached hydrogen (secondary N) is 1. The summed E-state index contributed by atoms with van der Waals surface area (Å²) in [7, 11) is 1.64. The first kappa shape index (κ1) is 22.0. The van der Waals surface area contributed by atoms with Crippen molar-refractivity contribution in [2.24, 2.45) is 0 Å². The minimum absolute atomic E-state index is 0.0144. The van der Waals surface area contributed by atoms with Crippen molar-refractivity contribution >= 4 is 29.3 Å². The van der Waals surface area contributed by atoms with E-state index < -0.39 is 0 Å². The van der Waals surface area contributed by atoms with Crippen LogP contribution in [0.15, 0.2) is 83.8 Å². The molecule has 1 aliphatic rings. The molecule has 6 heteroatoms. The molecule has 3 aromatic carbocycles. The molecule has 0 bridgehead atoms. The number of nitrogens with zero attached hydrogens (tertiary/aromatic N) is 1. The van der Waals surface area contributed by atoms with Gasteiger partial charge in [-0.2, -0.15) is 0 Å². The minimum Gasteiger partial charge on any atom is -0.497 e. The van der Waals surface area contributed by atoms with E-state index in [9.17, 15) is 9.59 Å². The Kier molecular flexibility index (Phi) is 7.12. The van der Waals surface area contributed by atoms with E-state index >= 15 is 0 Å². The second kappa shape index (κ2) is 10.4. The summed E-state index contributed by atoms with van der Waals surface area (Å²) in [5.41, 5.74) is 3.02. The number of benzene rings is 3. The molecule has 3 aromatic rings. The van der Waals surface area contributed by atoms with Crippen molar-refractivity contribution in [3.8, 4) is 5.75 Å². The highest BCUT2D eigenvalue weighted by atomic mass is 32.2. The molecule has 1 unspecified atom stereocenters. The molecule has 0 radical (unpaired) electrons. The molecule has 4 rings (SSSR count). The van der Waals surface area contributed by atoms with Gasteiger partial charge in [0.15, 0.2) is 0 Å². The molecule has 32 heavy (non-hydrogen) atoms. The first-order valence-electron chi connectivity index (χ1n) is 10.6. The van der Waals surface area contributed by atoms with Crippen molar-refractivity contribution in [1.82, 2.24) is 5.32 Å². The molecule has 1 heterocycles. The molecule has 0 spiro atoms. The zero-order valence-corrected chi connectivity index (χ0v) is 18.8. The molecule has 0 fully saturated rings. The summed E-state index contributed by atoms with van der Waals surface area (Å²) in [6.45, 7) is 0.552. The van der Waals surface area contributed by atoms with Crippen LogP contribution in [0.5, 0.6) is 5.75 Å². The van der Waals surface area contributed by atoms with Gasteiger partial charge >= 0.3 is 0 Å². The van der Waals surface area contributed by atoms with Crippen LogP contribution in [0, 0.1) is 0 Å². The standard InChI is InChI=1S/C26H26N2O3S/c1-31-21-13-11-20(12-14-21)24-17-26(30)28(22-9-5-6-10-23(22)32-24)18-25(29)27-16-15-19-7-3-2-4-8-19/h2-14,24H,15-18H2,1H3,(H,27,29). The van der Waals surface area contributed by atoms with Crippen LogP contribution in [-0.2, 0) is 16.0 Å². The third-order valence-electron chi connectivity index (χ3n) is 5.45. The smallest absolute Gasteiger partial charge is 0.240 e. The summed E-state index contributed by atoms with van der Waals surface area (Å²) in [4.78, 5) is 28.5. The van der Waals surface area contributed by atoms with Gasteiger partial charge in [-0.25, -0.2) is 0 Å². The molecule has 0 saturated heterocycles. The highest BCUT2D eigenvalue weighted by Crippen LogP contribution is 2.45. The third-order valence-corrected chi connectivity index (χ3v) is 6.78. The molecule has 2 amide bonds. The molecule has 0 saturated carbocycles. The average Bonchev–Trinajstić information content (AvgIpc) is 2.96. The fraction of sp³-hybridized carbons (Fsp3) is 0.231. The Morgan fingerprint density at radius 2 is 1.75 bits per heavy atom. The maximum atomic E-state index is 13.2. The first-order chi connectivity index (χ1) is 15.6. The summed E-state index contributed by atoms with van der Waals surface area (Å²) < 4.78 is 5.25. The van der Waals surface area contributed by atoms with E-state index in [1.807, 2.05) is 78.9 Å². The van der Waals surface area contributed by atoms with E-state index in [1.54, 1.807) is 23.8 Å². The Morgan fingerprint density at radius 3 is 2.50 bits per heavy atom. The highest BCUT2D eigenvalue weighted by molar-refractivity contribution is 7.99. The summed E-state index contributed by atoms with van der Waals surface area (Å²) in [6.07, 6.45) is 1.08. The molecule has 0 aromatic heterocycles. The second-order valence-corrected chi connectivity index (χ2v) is 8.86. The van der Waals surface area contributed by atoms with Gasteiger partial charge in [0, 0.05) is 23.1 Å². The van der Waals surface area contributed by atoms with Gasteiger partial charge in [-0.1, -0.05) is 54.6 Å². The average molecular weight is 447 g/mol. The van der Waals surface area contributed by atoms with Crippen LogP contribution in [0.1, 0.15) is 22.8 Å². The van der Waals surface area contributed by atoms with E-state index in [0.717, 1.165) is 28.3 Å². The van der Waals surface area contributed by atoms with Crippen LogP contribution in [0.4, 0.5) is 5.69 Å². The number of rotatable bonds is 7. The predicted octanol–water partition coefficient (Wildman–Crippen LogP) is 4.62. The quantitative estimate of drug-likeness (QED) is 0.575. The summed E-state index contributed by atoms with van der Waals surface area (Å²) in [5, 5.41) is 2.93. The van der Waals surface area contributed by atoms with E-state index in [-0.39, 0.29) is 23.6 Å². The molecule has 1 atom stereocenters. The number of amides is 2. The zero-order valence-electron chi connectivity index (χ0n) is 18.0. The van der Waals surface area contributed by atoms with Gasteiger partial charge in [-0.05, 0) is 41.8 Å². The van der Waals surface area contributed by atoms with Crippen LogP contribution in [0.3, 0.4) is 0 Å². The normalized spacial score (nSPS) is 15.6. The molecule has 1 N–H and O–H groups in total. The number of ether oxygens (including phenoxy) is 1. The van der Waals surface area contributed by atoms with Crippen LogP contribution in [0.25, 0.3) is 0 Å². The molecular formula is C26H26N2O3S. The number of anilines is 1. The van der Waals surface area contributed by atoms with Crippen molar-refractivity contribution in [3.05, 3.63) is 90.0 Å². The maximum Gasteiger partial charge on any atom is 0.240 e. The van der Waals surface area contributed by atoms with Gasteiger partial charge in [-0.3, -0.25) is 9.59 Å². The molecule has 164 valence electrons. The number of para-hydroxylation sites is 1. The number of thioether (sulfide) groups is 1. The molecular weight excluding hydrogens is 420 g/mol. The Morgan fingerprint density at radius 1 is 1.03 bits per heavy atom. The van der Waals surface area contributed by atoms with E-state index in [4.69, 9.17) is 4.74 Å². The number of fused-ring (bicyclic) bond motifs is 1. The maximum absolute atomic E-state index is 13.2. The van der Waals surface area contributed by atoms with Crippen molar-refractivity contribution < 1.29 is 14.3 Å². The van der Waals surface area contributed by atoms with Crippen LogP contribution in [0.2, 0.25) is 0 Å². The first-order valence-corrected chi connectivity index (χ1v) is 11.5. The van der Waals surface area contributed by atoms with Gasteiger partial charge in [0.1, 0.15) is 12.3 Å². The molecule has 1 aliphatic heterocycles. The number of methoxy groups -OCH3 is 1.